The van der Waals surface area contributed by atoms with E-state index in [0.29, 0.717) is 13.0 Å². The number of H-pyrrole nitrogens is 1. The molecule has 112 valence electrons. The van der Waals surface area contributed by atoms with Gasteiger partial charge < -0.3 is 10.0 Å². The fourth-order valence-electron chi connectivity index (χ4n) is 2.77. The van der Waals surface area contributed by atoms with Crippen molar-refractivity contribution < 1.29 is 9.90 Å². The van der Waals surface area contributed by atoms with Gasteiger partial charge in [0.1, 0.15) is 0 Å². The molecule has 0 aliphatic carbocycles. The van der Waals surface area contributed by atoms with Crippen LogP contribution in [0.15, 0.2) is 24.3 Å². The van der Waals surface area contributed by atoms with Gasteiger partial charge in [-0.2, -0.15) is 5.10 Å². The smallest absolute Gasteiger partial charge is 0.228 e. The molecule has 2 heterocycles. The highest BCUT2D eigenvalue weighted by Crippen LogP contribution is 2.16. The Hall–Kier alpha value is -1.92. The lowest BCUT2D eigenvalue weighted by molar-refractivity contribution is -0.132. The number of rotatable bonds is 4. The van der Waals surface area contributed by atoms with Gasteiger partial charge in [-0.3, -0.25) is 14.8 Å². The summed E-state index contributed by atoms with van der Waals surface area (Å²) < 4.78 is 0. The van der Waals surface area contributed by atoms with Gasteiger partial charge in [0.05, 0.1) is 24.2 Å². The number of piperazine rings is 1. The van der Waals surface area contributed by atoms with Crippen molar-refractivity contribution in [2.45, 2.75) is 6.42 Å². The first-order valence-electron chi connectivity index (χ1n) is 7.31. The highest BCUT2D eigenvalue weighted by molar-refractivity contribution is 5.87. The predicted octanol–water partition coefficient (Wildman–Crippen LogP) is 0.242. The molecule has 21 heavy (non-hydrogen) atoms. The number of hydrogen-bond acceptors (Lipinski definition) is 4. The van der Waals surface area contributed by atoms with Crippen molar-refractivity contribution in [1.82, 2.24) is 20.0 Å². The van der Waals surface area contributed by atoms with Gasteiger partial charge in [-0.1, -0.05) is 18.2 Å². The highest BCUT2D eigenvalue weighted by Gasteiger charge is 2.21. The number of amides is 1. The summed E-state index contributed by atoms with van der Waals surface area (Å²) in [5.74, 6) is 0.132. The molecule has 0 bridgehead atoms. The number of nitrogens with one attached hydrogen (secondary N) is 1. The highest BCUT2D eigenvalue weighted by atomic mass is 16.3. The number of nitrogens with zero attached hydrogens (tertiary/aromatic N) is 3. The van der Waals surface area contributed by atoms with E-state index < -0.39 is 0 Å². The quantitative estimate of drug-likeness (QED) is 0.845. The Balaban J connectivity index is 1.62. The van der Waals surface area contributed by atoms with E-state index in [1.807, 2.05) is 29.2 Å². The fraction of sp³-hybridized carbons (Fsp3) is 0.467. The van der Waals surface area contributed by atoms with Crippen LogP contribution in [-0.2, 0) is 11.2 Å². The van der Waals surface area contributed by atoms with Crippen LogP contribution < -0.4 is 0 Å². The number of para-hydroxylation sites is 1. The molecule has 1 fully saturated rings. The number of hydrogen-bond donors (Lipinski definition) is 2. The lowest BCUT2D eigenvalue weighted by Gasteiger charge is -2.34. The van der Waals surface area contributed by atoms with E-state index in [-0.39, 0.29) is 12.5 Å². The molecular formula is C15H20N4O2. The average molecular weight is 288 g/mol. The van der Waals surface area contributed by atoms with Crippen LogP contribution in [0.4, 0.5) is 0 Å². The molecule has 1 aromatic heterocycles. The minimum absolute atomic E-state index is 0.132. The summed E-state index contributed by atoms with van der Waals surface area (Å²) in [4.78, 5) is 16.5. The van der Waals surface area contributed by atoms with Gasteiger partial charge in [0.25, 0.3) is 0 Å². The number of fused-ring (bicyclic) bond motifs is 1. The standard InChI is InChI=1S/C15H20N4O2/c20-10-9-18-5-7-19(8-6-18)15(21)11-14-12-3-1-2-4-13(12)16-17-14/h1-4,20H,5-11H2,(H,16,17). The zero-order valence-electron chi connectivity index (χ0n) is 12.0. The van der Waals surface area contributed by atoms with Crippen molar-refractivity contribution in [3.8, 4) is 0 Å². The lowest BCUT2D eigenvalue weighted by Crippen LogP contribution is -2.49. The third kappa shape index (κ3) is 3.06. The fourth-order valence-corrected chi connectivity index (χ4v) is 2.77. The Morgan fingerprint density at radius 2 is 2.00 bits per heavy atom. The van der Waals surface area contributed by atoms with Crippen LogP contribution >= 0.6 is 0 Å². The molecule has 6 nitrogen and oxygen atoms in total. The zero-order valence-corrected chi connectivity index (χ0v) is 12.0. The zero-order chi connectivity index (χ0) is 14.7. The molecule has 0 atom stereocenters. The van der Waals surface area contributed by atoms with Crippen LogP contribution in [0, 0.1) is 0 Å². The average Bonchev–Trinajstić information content (AvgIpc) is 2.92. The number of β-amino-alcohol motifs (C(OH)–C–C–N with tert-alkyl or cyclic N) is 1. The second kappa shape index (κ2) is 6.24. The van der Waals surface area contributed by atoms with Gasteiger partial charge in [-0.15, -0.1) is 0 Å². The molecule has 1 aromatic carbocycles. The molecule has 6 heteroatoms. The summed E-state index contributed by atoms with van der Waals surface area (Å²) in [7, 11) is 0. The summed E-state index contributed by atoms with van der Waals surface area (Å²) in [5.41, 5.74) is 1.78. The lowest BCUT2D eigenvalue weighted by atomic mass is 10.1. The van der Waals surface area contributed by atoms with Crippen LogP contribution in [0.5, 0.6) is 0 Å². The molecule has 1 aliphatic heterocycles. The molecule has 2 N–H and O–H groups in total. The van der Waals surface area contributed by atoms with Crippen molar-refractivity contribution >= 4 is 16.8 Å². The number of carbonyl (C=O) groups excluding carboxylic acids is 1. The van der Waals surface area contributed by atoms with Gasteiger partial charge in [-0.05, 0) is 6.07 Å². The molecule has 1 amide bonds. The largest absolute Gasteiger partial charge is 0.395 e. The van der Waals surface area contributed by atoms with Crippen molar-refractivity contribution in [3.05, 3.63) is 30.0 Å². The molecule has 1 aliphatic rings. The topological polar surface area (TPSA) is 72.5 Å². The van der Waals surface area contributed by atoms with Crippen LogP contribution in [0.1, 0.15) is 5.69 Å². The summed E-state index contributed by atoms with van der Waals surface area (Å²) in [6.07, 6.45) is 0.362. The van der Waals surface area contributed by atoms with E-state index in [1.165, 1.54) is 0 Å². The molecule has 3 rings (SSSR count). The summed E-state index contributed by atoms with van der Waals surface area (Å²) in [6.45, 7) is 3.98. The first kappa shape index (κ1) is 14.0. The summed E-state index contributed by atoms with van der Waals surface area (Å²) >= 11 is 0. The predicted molar refractivity (Wildman–Crippen MR) is 79.9 cm³/mol. The Kier molecular flexibility index (Phi) is 4.17. The number of aliphatic hydroxyl groups is 1. The van der Waals surface area contributed by atoms with Crippen molar-refractivity contribution in [1.29, 1.82) is 0 Å². The third-order valence-corrected chi connectivity index (χ3v) is 4.01. The number of aromatic amines is 1. The molecule has 0 unspecified atom stereocenters. The van der Waals surface area contributed by atoms with E-state index in [9.17, 15) is 4.79 Å². The summed E-state index contributed by atoms with van der Waals surface area (Å²) in [6, 6.07) is 7.82. The molecular weight excluding hydrogens is 268 g/mol. The number of benzene rings is 1. The number of carbonyl (C=O) groups is 1. The Morgan fingerprint density at radius 3 is 2.76 bits per heavy atom. The molecule has 0 spiro atoms. The molecule has 1 saturated heterocycles. The van der Waals surface area contributed by atoms with Crippen LogP contribution in [0.25, 0.3) is 10.9 Å². The van der Waals surface area contributed by atoms with Crippen LogP contribution in [0.2, 0.25) is 0 Å². The first-order chi connectivity index (χ1) is 10.3. The van der Waals surface area contributed by atoms with E-state index in [2.05, 4.69) is 15.1 Å². The van der Waals surface area contributed by atoms with Gasteiger partial charge in [0, 0.05) is 38.1 Å². The Morgan fingerprint density at radius 1 is 1.24 bits per heavy atom. The molecule has 0 radical (unpaired) electrons. The van der Waals surface area contributed by atoms with Gasteiger partial charge in [0.2, 0.25) is 5.91 Å². The van der Waals surface area contributed by atoms with E-state index in [1.54, 1.807) is 0 Å². The van der Waals surface area contributed by atoms with Crippen LogP contribution in [-0.4, -0.2) is 70.3 Å². The maximum absolute atomic E-state index is 12.4. The minimum atomic E-state index is 0.132. The van der Waals surface area contributed by atoms with E-state index >= 15 is 0 Å². The maximum atomic E-state index is 12.4. The van der Waals surface area contributed by atoms with Crippen LogP contribution in [0.3, 0.4) is 0 Å². The van der Waals surface area contributed by atoms with Crippen molar-refractivity contribution in [2.24, 2.45) is 0 Å². The Bertz CT molecular complexity index is 617. The Labute approximate surface area is 123 Å². The molecule has 0 saturated carbocycles. The minimum Gasteiger partial charge on any atom is -0.395 e. The maximum Gasteiger partial charge on any atom is 0.228 e. The van der Waals surface area contributed by atoms with E-state index in [4.69, 9.17) is 5.11 Å². The second-order valence-electron chi connectivity index (χ2n) is 5.34. The number of aliphatic hydroxyl groups excluding tert-OH is 1. The van der Waals surface area contributed by atoms with E-state index in [0.717, 1.165) is 42.8 Å². The monoisotopic (exact) mass is 288 g/mol. The SMILES string of the molecule is O=C(Cc1[nH]nc2ccccc12)N1CCN(CCO)CC1. The first-order valence-corrected chi connectivity index (χ1v) is 7.31. The summed E-state index contributed by atoms with van der Waals surface area (Å²) in [5, 5.41) is 17.1. The van der Waals surface area contributed by atoms with Crippen molar-refractivity contribution in [3.63, 3.8) is 0 Å². The van der Waals surface area contributed by atoms with Gasteiger partial charge >= 0.3 is 0 Å². The van der Waals surface area contributed by atoms with Gasteiger partial charge in [0.15, 0.2) is 0 Å². The molecule has 2 aromatic rings. The van der Waals surface area contributed by atoms with Crippen molar-refractivity contribution in [2.75, 3.05) is 39.3 Å². The second-order valence-corrected chi connectivity index (χ2v) is 5.34. The number of aromatic nitrogens is 2. The third-order valence-electron chi connectivity index (χ3n) is 4.01. The van der Waals surface area contributed by atoms with Gasteiger partial charge in [-0.25, -0.2) is 0 Å². The normalized spacial score (nSPS) is 16.5.